The van der Waals surface area contributed by atoms with Gasteiger partial charge in [-0.2, -0.15) is 9.61 Å². The van der Waals surface area contributed by atoms with E-state index in [0.717, 1.165) is 10.9 Å². The molecule has 0 aliphatic heterocycles. The van der Waals surface area contributed by atoms with E-state index in [0.29, 0.717) is 22.5 Å². The van der Waals surface area contributed by atoms with Gasteiger partial charge in [0.25, 0.3) is 0 Å². The van der Waals surface area contributed by atoms with Crippen molar-refractivity contribution in [3.8, 4) is 11.3 Å². The Bertz CT molecular complexity index is 1340. The van der Waals surface area contributed by atoms with Crippen molar-refractivity contribution in [2.24, 2.45) is 0 Å². The second-order valence-corrected chi connectivity index (χ2v) is 6.93. The Morgan fingerprint density at radius 1 is 0.931 bits per heavy atom. The van der Waals surface area contributed by atoms with Gasteiger partial charge in [-0.25, -0.2) is 8.78 Å². The lowest BCUT2D eigenvalue weighted by atomic mass is 9.95. The molecule has 0 spiro atoms. The molecule has 0 saturated carbocycles. The summed E-state index contributed by atoms with van der Waals surface area (Å²) < 4.78 is 30.6. The van der Waals surface area contributed by atoms with Gasteiger partial charge < -0.3 is 0 Å². The highest BCUT2D eigenvalue weighted by Gasteiger charge is 2.35. The van der Waals surface area contributed by atoms with E-state index in [9.17, 15) is 4.39 Å². The normalized spacial score (nSPS) is 13.6. The van der Waals surface area contributed by atoms with Gasteiger partial charge in [-0.1, -0.05) is 12.1 Å². The summed E-state index contributed by atoms with van der Waals surface area (Å²) in [7, 11) is 0. The van der Waals surface area contributed by atoms with Crippen LogP contribution in [-0.4, -0.2) is 24.8 Å². The number of rotatable bonds is 3. The first-order valence-corrected chi connectivity index (χ1v) is 9.05. The number of pyridine rings is 1. The number of nitrogens with zero attached hydrogens (tertiary/aromatic N) is 5. The largest absolute Gasteiger partial charge is 0.256 e. The van der Waals surface area contributed by atoms with Crippen molar-refractivity contribution in [2.75, 3.05) is 0 Å². The van der Waals surface area contributed by atoms with Crippen LogP contribution in [0.25, 0.3) is 27.8 Å². The zero-order valence-corrected chi connectivity index (χ0v) is 15.4. The molecule has 0 fully saturated rings. The van der Waals surface area contributed by atoms with E-state index in [1.54, 1.807) is 48.7 Å². The Morgan fingerprint density at radius 3 is 2.59 bits per heavy atom. The van der Waals surface area contributed by atoms with Gasteiger partial charge in [0, 0.05) is 17.1 Å². The Labute approximate surface area is 164 Å². The van der Waals surface area contributed by atoms with Crippen molar-refractivity contribution < 1.29 is 8.78 Å². The quantitative estimate of drug-likeness (QED) is 0.450. The SMILES string of the molecule is CC(F)(c1ccc2ncccc2c1)c1nnc2ccc(-c3ccc(F)cc3)nn12. The first-order valence-electron chi connectivity index (χ1n) is 9.05. The molecule has 0 aliphatic carbocycles. The Balaban J connectivity index is 1.64. The van der Waals surface area contributed by atoms with Gasteiger partial charge in [-0.15, -0.1) is 10.2 Å². The van der Waals surface area contributed by atoms with Gasteiger partial charge in [0.15, 0.2) is 17.1 Å². The predicted octanol–water partition coefficient (Wildman–Crippen LogP) is 4.71. The van der Waals surface area contributed by atoms with E-state index < -0.39 is 5.67 Å². The van der Waals surface area contributed by atoms with Crippen LogP contribution in [-0.2, 0) is 5.67 Å². The van der Waals surface area contributed by atoms with Crippen molar-refractivity contribution in [3.05, 3.63) is 90.1 Å². The number of benzene rings is 2. The summed E-state index contributed by atoms with van der Waals surface area (Å²) in [6, 6.07) is 18.3. The topological polar surface area (TPSA) is 56.0 Å². The molecule has 1 unspecified atom stereocenters. The third-order valence-corrected chi connectivity index (χ3v) is 4.97. The molecule has 1 atom stereocenters. The molecule has 7 heteroatoms. The molecule has 0 bridgehead atoms. The van der Waals surface area contributed by atoms with Gasteiger partial charge in [0.05, 0.1) is 11.2 Å². The van der Waals surface area contributed by atoms with Crippen LogP contribution < -0.4 is 0 Å². The smallest absolute Gasteiger partial charge is 0.196 e. The van der Waals surface area contributed by atoms with Crippen LogP contribution in [0.1, 0.15) is 18.3 Å². The third kappa shape index (κ3) is 2.91. The van der Waals surface area contributed by atoms with E-state index in [1.807, 2.05) is 12.1 Å². The van der Waals surface area contributed by atoms with Crippen molar-refractivity contribution in [1.82, 2.24) is 24.8 Å². The van der Waals surface area contributed by atoms with Crippen LogP contribution in [0.4, 0.5) is 8.78 Å². The Kier molecular flexibility index (Phi) is 3.84. The lowest BCUT2D eigenvalue weighted by Gasteiger charge is -2.19. The number of halogens is 2. The molecule has 2 aromatic carbocycles. The number of alkyl halides is 1. The summed E-state index contributed by atoms with van der Waals surface area (Å²) in [5.41, 5.74) is 0.994. The maximum absolute atomic E-state index is 16.0. The van der Waals surface area contributed by atoms with Crippen LogP contribution in [0.5, 0.6) is 0 Å². The highest BCUT2D eigenvalue weighted by Crippen LogP contribution is 2.34. The molecule has 5 rings (SSSR count). The van der Waals surface area contributed by atoms with Crippen molar-refractivity contribution >= 4 is 16.6 Å². The van der Waals surface area contributed by atoms with Gasteiger partial charge in [-0.05, 0) is 67.1 Å². The molecule has 0 aliphatic rings. The van der Waals surface area contributed by atoms with E-state index in [2.05, 4.69) is 20.3 Å². The van der Waals surface area contributed by atoms with Crippen molar-refractivity contribution in [2.45, 2.75) is 12.6 Å². The molecule has 5 aromatic rings. The minimum absolute atomic E-state index is 0.0692. The van der Waals surface area contributed by atoms with Gasteiger partial charge in [-0.3, -0.25) is 4.98 Å². The summed E-state index contributed by atoms with van der Waals surface area (Å²) in [4.78, 5) is 4.27. The highest BCUT2D eigenvalue weighted by molar-refractivity contribution is 5.79. The second kappa shape index (κ2) is 6.41. The fraction of sp³-hybridized carbons (Fsp3) is 0.0909. The maximum atomic E-state index is 16.0. The minimum atomic E-state index is -1.93. The molecule has 142 valence electrons. The van der Waals surface area contributed by atoms with E-state index in [1.165, 1.54) is 23.6 Å². The van der Waals surface area contributed by atoms with Crippen molar-refractivity contribution in [1.29, 1.82) is 0 Å². The van der Waals surface area contributed by atoms with Crippen LogP contribution in [0.2, 0.25) is 0 Å². The Morgan fingerprint density at radius 2 is 1.76 bits per heavy atom. The molecule has 5 nitrogen and oxygen atoms in total. The van der Waals surface area contributed by atoms with Crippen LogP contribution in [0, 0.1) is 5.82 Å². The van der Waals surface area contributed by atoms with Crippen LogP contribution in [0.15, 0.2) is 72.9 Å². The summed E-state index contributed by atoms with van der Waals surface area (Å²) in [6.07, 6.45) is 1.70. The molecular weight excluding hydrogens is 372 g/mol. The number of aromatic nitrogens is 5. The van der Waals surface area contributed by atoms with Crippen LogP contribution >= 0.6 is 0 Å². The van der Waals surface area contributed by atoms with E-state index in [-0.39, 0.29) is 11.6 Å². The minimum Gasteiger partial charge on any atom is -0.256 e. The standard InChI is InChI=1S/C22H15F2N5/c1-22(24,16-6-9-18-15(13-16)3-2-12-25-18)21-27-26-20-11-10-19(28-29(20)21)14-4-7-17(23)8-5-14/h2-13H,1H3. The number of hydrogen-bond acceptors (Lipinski definition) is 4. The maximum Gasteiger partial charge on any atom is 0.196 e. The number of hydrogen-bond donors (Lipinski definition) is 0. The fourth-order valence-corrected chi connectivity index (χ4v) is 3.35. The monoisotopic (exact) mass is 387 g/mol. The lowest BCUT2D eigenvalue weighted by molar-refractivity contribution is 0.232. The molecule has 0 radical (unpaired) electrons. The predicted molar refractivity (Wildman–Crippen MR) is 105 cm³/mol. The Hall–Kier alpha value is -3.74. The third-order valence-electron chi connectivity index (χ3n) is 4.97. The van der Waals surface area contributed by atoms with Gasteiger partial charge >= 0.3 is 0 Å². The zero-order valence-electron chi connectivity index (χ0n) is 15.4. The summed E-state index contributed by atoms with van der Waals surface area (Å²) in [5.74, 6) is -0.262. The first-order chi connectivity index (χ1) is 14.0. The zero-order chi connectivity index (χ0) is 20.0. The molecule has 29 heavy (non-hydrogen) atoms. The molecule has 3 heterocycles. The molecule has 0 N–H and O–H groups in total. The summed E-state index contributed by atoms with van der Waals surface area (Å²) >= 11 is 0. The van der Waals surface area contributed by atoms with E-state index >= 15 is 4.39 Å². The molecule has 0 saturated heterocycles. The first kappa shape index (κ1) is 17.4. The van der Waals surface area contributed by atoms with E-state index in [4.69, 9.17) is 0 Å². The average Bonchev–Trinajstić information content (AvgIpc) is 3.18. The molecular formula is C22H15F2N5. The average molecular weight is 387 g/mol. The highest BCUT2D eigenvalue weighted by atomic mass is 19.1. The van der Waals surface area contributed by atoms with Gasteiger partial charge in [0.1, 0.15) is 5.82 Å². The lowest BCUT2D eigenvalue weighted by Crippen LogP contribution is -2.22. The van der Waals surface area contributed by atoms with Crippen LogP contribution in [0.3, 0.4) is 0 Å². The van der Waals surface area contributed by atoms with Crippen molar-refractivity contribution in [3.63, 3.8) is 0 Å². The number of fused-ring (bicyclic) bond motifs is 2. The molecule has 0 amide bonds. The molecule has 3 aromatic heterocycles. The summed E-state index contributed by atoms with van der Waals surface area (Å²) in [6.45, 7) is 1.44. The fourth-order valence-electron chi connectivity index (χ4n) is 3.35. The second-order valence-electron chi connectivity index (χ2n) is 6.93. The summed E-state index contributed by atoms with van der Waals surface area (Å²) in [5, 5.41) is 13.5. The van der Waals surface area contributed by atoms with Gasteiger partial charge in [0.2, 0.25) is 0 Å².